The fraction of sp³-hybridized carbons (Fsp3) is 0.276. The van der Waals surface area contributed by atoms with Crippen LogP contribution in [0.1, 0.15) is 37.5 Å². The minimum atomic E-state index is -3.98. The second-order valence-electron chi connectivity index (χ2n) is 10.7. The molecular formula is C29H30N4O4S2. The van der Waals surface area contributed by atoms with Crippen LogP contribution in [0.2, 0.25) is 0 Å². The molecule has 5 rings (SSSR count). The van der Waals surface area contributed by atoms with E-state index < -0.39 is 22.0 Å². The second kappa shape index (κ2) is 10.1. The zero-order chi connectivity index (χ0) is 27.9. The van der Waals surface area contributed by atoms with Crippen LogP contribution >= 0.6 is 11.3 Å². The van der Waals surface area contributed by atoms with Crippen molar-refractivity contribution in [2.24, 2.45) is 0 Å². The van der Waals surface area contributed by atoms with Gasteiger partial charge >= 0.3 is 0 Å². The summed E-state index contributed by atoms with van der Waals surface area (Å²) in [5, 5.41) is 12.0. The van der Waals surface area contributed by atoms with Crippen molar-refractivity contribution in [2.75, 3.05) is 16.2 Å². The second-order valence-corrected chi connectivity index (χ2v) is 13.5. The van der Waals surface area contributed by atoms with E-state index >= 15 is 0 Å². The van der Waals surface area contributed by atoms with Crippen molar-refractivity contribution in [3.63, 3.8) is 0 Å². The van der Waals surface area contributed by atoms with Crippen LogP contribution in [0.15, 0.2) is 71.6 Å². The molecule has 1 aliphatic rings. The Morgan fingerprint density at radius 3 is 2.26 bits per heavy atom. The third kappa shape index (κ3) is 5.53. The topological polar surface area (TPSA) is 101 Å². The fourth-order valence-electron chi connectivity index (χ4n) is 4.19. The van der Waals surface area contributed by atoms with Crippen LogP contribution < -0.4 is 14.4 Å². The van der Waals surface area contributed by atoms with Crippen LogP contribution in [0.25, 0.3) is 10.6 Å². The molecule has 0 saturated carbocycles. The fourth-order valence-corrected chi connectivity index (χ4v) is 6.41. The maximum absolute atomic E-state index is 13.9. The van der Waals surface area contributed by atoms with E-state index in [1.54, 1.807) is 30.3 Å². The standard InChI is InChI=1S/C29H30N4O4S2/c1-18-6-10-20(11-7-18)27-31-32-28(38-27)30-26(34)25-17-33(39(35,36)22-13-8-19(2)9-14-22)23-16-21(29(3,4)5)12-15-24(23)37-25/h6-16,25H,17H2,1-5H3,(H,30,32,34). The Morgan fingerprint density at radius 2 is 1.62 bits per heavy atom. The largest absolute Gasteiger partial charge is 0.476 e. The summed E-state index contributed by atoms with van der Waals surface area (Å²) in [6.45, 7) is 9.88. The minimum absolute atomic E-state index is 0.146. The van der Waals surface area contributed by atoms with Crippen LogP contribution in [-0.4, -0.2) is 37.2 Å². The number of sulfonamides is 1. The number of carbonyl (C=O) groups excluding carboxylic acids is 1. The summed E-state index contributed by atoms with van der Waals surface area (Å²) in [5.74, 6) is -0.182. The molecule has 39 heavy (non-hydrogen) atoms. The summed E-state index contributed by atoms with van der Waals surface area (Å²) in [6, 6.07) is 20.0. The molecule has 1 aliphatic heterocycles. The van der Waals surface area contributed by atoms with Gasteiger partial charge in [-0.05, 0) is 49.1 Å². The molecule has 0 spiro atoms. The van der Waals surface area contributed by atoms with Crippen molar-refractivity contribution >= 4 is 38.1 Å². The molecule has 1 amide bonds. The molecule has 4 aromatic rings. The number of benzene rings is 3. The van der Waals surface area contributed by atoms with Crippen LogP contribution in [0.5, 0.6) is 5.75 Å². The number of ether oxygens (including phenoxy) is 1. The summed E-state index contributed by atoms with van der Waals surface area (Å²) < 4.78 is 35.0. The van der Waals surface area contributed by atoms with Gasteiger partial charge in [0.2, 0.25) is 5.13 Å². The number of aryl methyl sites for hydroxylation is 2. The van der Waals surface area contributed by atoms with E-state index in [-0.39, 0.29) is 16.9 Å². The number of nitrogens with one attached hydrogen (secondary N) is 1. The molecule has 0 fully saturated rings. The number of nitrogens with zero attached hydrogens (tertiary/aromatic N) is 3. The molecule has 3 aromatic carbocycles. The lowest BCUT2D eigenvalue weighted by Gasteiger charge is -2.35. The first-order valence-corrected chi connectivity index (χ1v) is 14.8. The van der Waals surface area contributed by atoms with Gasteiger partial charge in [0.05, 0.1) is 17.1 Å². The summed E-state index contributed by atoms with van der Waals surface area (Å²) in [5.41, 5.74) is 4.12. The maximum atomic E-state index is 13.9. The minimum Gasteiger partial charge on any atom is -0.476 e. The summed E-state index contributed by atoms with van der Waals surface area (Å²) >= 11 is 1.24. The molecule has 2 heterocycles. The van der Waals surface area contributed by atoms with E-state index in [9.17, 15) is 13.2 Å². The SMILES string of the molecule is Cc1ccc(-c2nnc(NC(=O)C3CN(S(=O)(=O)c4ccc(C)cc4)c4cc(C(C)(C)C)ccc4O3)s2)cc1. The Labute approximate surface area is 232 Å². The number of carbonyl (C=O) groups is 1. The van der Waals surface area contributed by atoms with Crippen molar-refractivity contribution in [1.82, 2.24) is 10.2 Å². The molecule has 1 N–H and O–H groups in total. The van der Waals surface area contributed by atoms with Gasteiger partial charge in [0.1, 0.15) is 10.8 Å². The highest BCUT2D eigenvalue weighted by atomic mass is 32.2. The number of aromatic nitrogens is 2. The number of anilines is 2. The van der Waals surface area contributed by atoms with Crippen molar-refractivity contribution in [3.05, 3.63) is 83.4 Å². The van der Waals surface area contributed by atoms with Gasteiger partial charge in [-0.2, -0.15) is 0 Å². The van der Waals surface area contributed by atoms with Crippen LogP contribution in [0, 0.1) is 13.8 Å². The lowest BCUT2D eigenvalue weighted by molar-refractivity contribution is -0.122. The normalized spacial score (nSPS) is 15.4. The van der Waals surface area contributed by atoms with Gasteiger partial charge in [0.15, 0.2) is 6.10 Å². The summed E-state index contributed by atoms with van der Waals surface area (Å²) in [6.07, 6.45) is -1.09. The first-order chi connectivity index (χ1) is 18.4. The van der Waals surface area contributed by atoms with Gasteiger partial charge in [-0.15, -0.1) is 10.2 Å². The number of fused-ring (bicyclic) bond motifs is 1. The van der Waals surface area contributed by atoms with E-state index in [0.717, 1.165) is 22.3 Å². The lowest BCUT2D eigenvalue weighted by atomic mass is 9.86. The van der Waals surface area contributed by atoms with Crippen molar-refractivity contribution in [3.8, 4) is 16.3 Å². The van der Waals surface area contributed by atoms with Gasteiger partial charge in [-0.25, -0.2) is 8.42 Å². The Kier molecular flexibility index (Phi) is 6.94. The number of amides is 1. The van der Waals surface area contributed by atoms with Gasteiger partial charge in [-0.1, -0.05) is 85.7 Å². The number of rotatable bonds is 5. The lowest BCUT2D eigenvalue weighted by Crippen LogP contribution is -2.49. The Balaban J connectivity index is 1.46. The van der Waals surface area contributed by atoms with Crippen LogP contribution in [-0.2, 0) is 20.2 Å². The monoisotopic (exact) mass is 562 g/mol. The molecule has 0 bridgehead atoms. The third-order valence-corrected chi connectivity index (χ3v) is 9.23. The molecule has 0 aliphatic carbocycles. The highest BCUT2D eigenvalue weighted by Crippen LogP contribution is 2.40. The Hall–Kier alpha value is -3.76. The van der Waals surface area contributed by atoms with E-state index in [4.69, 9.17) is 4.74 Å². The molecule has 1 atom stereocenters. The molecule has 0 saturated heterocycles. The average Bonchev–Trinajstić information content (AvgIpc) is 3.36. The van der Waals surface area contributed by atoms with E-state index in [0.29, 0.717) is 21.6 Å². The molecule has 1 unspecified atom stereocenters. The van der Waals surface area contributed by atoms with Crippen molar-refractivity contribution in [2.45, 2.75) is 51.0 Å². The third-order valence-electron chi connectivity index (χ3n) is 6.55. The van der Waals surface area contributed by atoms with Crippen LogP contribution in [0.4, 0.5) is 10.8 Å². The van der Waals surface area contributed by atoms with Crippen LogP contribution in [0.3, 0.4) is 0 Å². The van der Waals surface area contributed by atoms with Gasteiger partial charge < -0.3 is 4.74 Å². The van der Waals surface area contributed by atoms with Crippen molar-refractivity contribution in [1.29, 1.82) is 0 Å². The quantitative estimate of drug-likeness (QED) is 0.334. The molecular weight excluding hydrogens is 532 g/mol. The highest BCUT2D eigenvalue weighted by molar-refractivity contribution is 7.92. The molecule has 10 heteroatoms. The molecule has 0 radical (unpaired) electrons. The zero-order valence-corrected chi connectivity index (χ0v) is 24.1. The Morgan fingerprint density at radius 1 is 0.974 bits per heavy atom. The number of hydrogen-bond donors (Lipinski definition) is 1. The smallest absolute Gasteiger partial charge is 0.269 e. The highest BCUT2D eigenvalue weighted by Gasteiger charge is 2.38. The van der Waals surface area contributed by atoms with Gasteiger partial charge in [0, 0.05) is 5.56 Å². The molecule has 8 nitrogen and oxygen atoms in total. The van der Waals surface area contributed by atoms with E-state index in [1.165, 1.54) is 15.6 Å². The first kappa shape index (κ1) is 26.8. The summed E-state index contributed by atoms with van der Waals surface area (Å²) in [7, 11) is -3.98. The van der Waals surface area contributed by atoms with Gasteiger partial charge in [-0.3, -0.25) is 14.4 Å². The average molecular weight is 563 g/mol. The Bertz CT molecular complexity index is 1620. The number of hydrogen-bond acceptors (Lipinski definition) is 7. The van der Waals surface area contributed by atoms with E-state index in [1.807, 2.05) is 50.2 Å². The van der Waals surface area contributed by atoms with Crippen molar-refractivity contribution < 1.29 is 17.9 Å². The zero-order valence-electron chi connectivity index (χ0n) is 22.4. The van der Waals surface area contributed by atoms with E-state index in [2.05, 4.69) is 36.3 Å². The molecule has 202 valence electrons. The summed E-state index contributed by atoms with van der Waals surface area (Å²) in [4.78, 5) is 13.5. The first-order valence-electron chi connectivity index (χ1n) is 12.5. The molecule has 1 aromatic heterocycles. The maximum Gasteiger partial charge on any atom is 0.269 e. The predicted molar refractivity (Wildman–Crippen MR) is 154 cm³/mol. The predicted octanol–water partition coefficient (Wildman–Crippen LogP) is 5.71. The van der Waals surface area contributed by atoms with Gasteiger partial charge in [0.25, 0.3) is 15.9 Å².